The summed E-state index contributed by atoms with van der Waals surface area (Å²) in [6.07, 6.45) is 7.32. The molecule has 2 atom stereocenters. The standard InChI is InChI=1S/C17H22N2O/c1-12-6-2-4-8-15(12)19-17(20)10-13-11-18-16-9-5-3-7-14(13)16/h3,5,7,9,11-12,15,18H,2,4,6,8,10H2,1H3,(H,19,20)/t12-,15-/m0/s1. The predicted octanol–water partition coefficient (Wildman–Crippen LogP) is 3.41. The molecule has 0 unspecified atom stereocenters. The Morgan fingerprint density at radius 1 is 1.30 bits per heavy atom. The molecule has 106 valence electrons. The first kappa shape index (κ1) is 13.2. The number of aromatic amines is 1. The molecule has 0 bridgehead atoms. The summed E-state index contributed by atoms with van der Waals surface area (Å²) in [6.45, 7) is 2.25. The highest BCUT2D eigenvalue weighted by Crippen LogP contribution is 2.24. The van der Waals surface area contributed by atoms with E-state index in [2.05, 4.69) is 23.3 Å². The lowest BCUT2D eigenvalue weighted by molar-refractivity contribution is -0.121. The van der Waals surface area contributed by atoms with Crippen LogP contribution in [0.1, 0.15) is 38.2 Å². The average Bonchev–Trinajstić information content (AvgIpc) is 2.85. The summed E-state index contributed by atoms with van der Waals surface area (Å²) in [6, 6.07) is 8.49. The van der Waals surface area contributed by atoms with Crippen LogP contribution in [0, 0.1) is 5.92 Å². The molecule has 0 spiro atoms. The van der Waals surface area contributed by atoms with Crippen LogP contribution in [0.25, 0.3) is 10.9 Å². The van der Waals surface area contributed by atoms with Gasteiger partial charge in [-0.3, -0.25) is 4.79 Å². The van der Waals surface area contributed by atoms with Gasteiger partial charge in [-0.2, -0.15) is 0 Å². The lowest BCUT2D eigenvalue weighted by atomic mass is 9.86. The number of hydrogen-bond acceptors (Lipinski definition) is 1. The number of amides is 1. The number of carbonyl (C=O) groups excluding carboxylic acids is 1. The van der Waals surface area contributed by atoms with Gasteiger partial charge in [0.15, 0.2) is 0 Å². The number of aromatic nitrogens is 1. The largest absolute Gasteiger partial charge is 0.361 e. The van der Waals surface area contributed by atoms with Gasteiger partial charge in [0.05, 0.1) is 6.42 Å². The van der Waals surface area contributed by atoms with Crippen molar-refractivity contribution in [2.45, 2.75) is 45.1 Å². The molecule has 0 saturated heterocycles. The van der Waals surface area contributed by atoms with Crippen LogP contribution in [-0.2, 0) is 11.2 Å². The molecule has 1 aliphatic rings. The van der Waals surface area contributed by atoms with Gasteiger partial charge in [-0.05, 0) is 30.4 Å². The SMILES string of the molecule is C[C@H]1CCCC[C@@H]1NC(=O)Cc1c[nH]c2ccccc12. The maximum Gasteiger partial charge on any atom is 0.224 e. The first-order valence-corrected chi connectivity index (χ1v) is 7.58. The first-order chi connectivity index (χ1) is 9.74. The fourth-order valence-corrected chi connectivity index (χ4v) is 3.24. The second kappa shape index (κ2) is 5.70. The van der Waals surface area contributed by atoms with Gasteiger partial charge in [-0.15, -0.1) is 0 Å². The molecule has 1 fully saturated rings. The molecule has 1 aliphatic carbocycles. The average molecular weight is 270 g/mol. The fraction of sp³-hybridized carbons (Fsp3) is 0.471. The molecule has 1 saturated carbocycles. The zero-order valence-electron chi connectivity index (χ0n) is 12.0. The monoisotopic (exact) mass is 270 g/mol. The maximum atomic E-state index is 12.2. The number of hydrogen-bond donors (Lipinski definition) is 2. The van der Waals surface area contributed by atoms with Gasteiger partial charge in [0.25, 0.3) is 0 Å². The highest BCUT2D eigenvalue weighted by atomic mass is 16.1. The quantitative estimate of drug-likeness (QED) is 0.882. The number of para-hydroxylation sites is 1. The summed E-state index contributed by atoms with van der Waals surface area (Å²) < 4.78 is 0. The molecule has 2 aromatic rings. The summed E-state index contributed by atoms with van der Waals surface area (Å²) >= 11 is 0. The smallest absolute Gasteiger partial charge is 0.224 e. The van der Waals surface area contributed by atoms with Gasteiger partial charge < -0.3 is 10.3 Å². The lowest BCUT2D eigenvalue weighted by Crippen LogP contribution is -2.41. The molecular formula is C17H22N2O. The number of nitrogens with one attached hydrogen (secondary N) is 2. The number of benzene rings is 1. The van der Waals surface area contributed by atoms with Crippen LogP contribution >= 0.6 is 0 Å². The highest BCUT2D eigenvalue weighted by molar-refractivity contribution is 5.88. The van der Waals surface area contributed by atoms with Gasteiger partial charge in [0.2, 0.25) is 5.91 Å². The molecular weight excluding hydrogens is 248 g/mol. The Morgan fingerprint density at radius 2 is 2.10 bits per heavy atom. The molecule has 0 aliphatic heterocycles. The molecule has 3 rings (SSSR count). The van der Waals surface area contributed by atoms with Crippen LogP contribution < -0.4 is 5.32 Å². The molecule has 0 radical (unpaired) electrons. The topological polar surface area (TPSA) is 44.9 Å². The van der Waals surface area contributed by atoms with E-state index in [4.69, 9.17) is 0 Å². The summed E-state index contributed by atoms with van der Waals surface area (Å²) in [5.74, 6) is 0.754. The van der Waals surface area contributed by atoms with Crippen LogP contribution in [0.3, 0.4) is 0 Å². The summed E-state index contributed by atoms with van der Waals surface area (Å²) in [5, 5.41) is 4.37. The second-order valence-corrected chi connectivity index (χ2v) is 5.97. The van der Waals surface area contributed by atoms with E-state index >= 15 is 0 Å². The summed E-state index contributed by atoms with van der Waals surface area (Å²) in [4.78, 5) is 15.5. The van der Waals surface area contributed by atoms with Gasteiger partial charge in [-0.1, -0.05) is 38.0 Å². The van der Waals surface area contributed by atoms with E-state index in [0.717, 1.165) is 22.9 Å². The van der Waals surface area contributed by atoms with Crippen LogP contribution in [0.2, 0.25) is 0 Å². The van der Waals surface area contributed by atoms with E-state index in [1.165, 1.54) is 19.3 Å². The summed E-state index contributed by atoms with van der Waals surface area (Å²) in [5.41, 5.74) is 2.18. The Morgan fingerprint density at radius 3 is 2.95 bits per heavy atom. The van der Waals surface area contributed by atoms with E-state index in [0.29, 0.717) is 18.4 Å². The van der Waals surface area contributed by atoms with Crippen molar-refractivity contribution in [1.82, 2.24) is 10.3 Å². The number of H-pyrrole nitrogens is 1. The normalized spacial score (nSPS) is 22.9. The van der Waals surface area contributed by atoms with Crippen LogP contribution in [0.4, 0.5) is 0 Å². The molecule has 20 heavy (non-hydrogen) atoms. The van der Waals surface area contributed by atoms with Crippen molar-refractivity contribution in [1.29, 1.82) is 0 Å². The van der Waals surface area contributed by atoms with E-state index in [1.807, 2.05) is 24.4 Å². The molecule has 1 amide bonds. The second-order valence-electron chi connectivity index (χ2n) is 5.97. The molecule has 1 aromatic carbocycles. The minimum Gasteiger partial charge on any atom is -0.361 e. The lowest BCUT2D eigenvalue weighted by Gasteiger charge is -2.29. The Labute approximate surface area is 119 Å². The van der Waals surface area contributed by atoms with Crippen molar-refractivity contribution >= 4 is 16.8 Å². The van der Waals surface area contributed by atoms with E-state index in [-0.39, 0.29) is 5.91 Å². The third-order valence-electron chi connectivity index (χ3n) is 4.48. The number of carbonyl (C=O) groups is 1. The van der Waals surface area contributed by atoms with E-state index in [1.54, 1.807) is 0 Å². The first-order valence-electron chi connectivity index (χ1n) is 7.58. The molecule has 3 heteroatoms. The highest BCUT2D eigenvalue weighted by Gasteiger charge is 2.22. The third-order valence-corrected chi connectivity index (χ3v) is 4.48. The zero-order chi connectivity index (χ0) is 13.9. The van der Waals surface area contributed by atoms with E-state index in [9.17, 15) is 4.79 Å². The Bertz CT molecular complexity index is 602. The van der Waals surface area contributed by atoms with Crippen molar-refractivity contribution in [2.75, 3.05) is 0 Å². The van der Waals surface area contributed by atoms with Crippen molar-refractivity contribution in [3.05, 3.63) is 36.0 Å². The minimum atomic E-state index is 0.147. The summed E-state index contributed by atoms with van der Waals surface area (Å²) in [7, 11) is 0. The molecule has 3 nitrogen and oxygen atoms in total. The number of rotatable bonds is 3. The third kappa shape index (κ3) is 2.72. The van der Waals surface area contributed by atoms with Gasteiger partial charge >= 0.3 is 0 Å². The number of fused-ring (bicyclic) bond motifs is 1. The Hall–Kier alpha value is -1.77. The van der Waals surface area contributed by atoms with E-state index < -0.39 is 0 Å². The Kier molecular flexibility index (Phi) is 3.77. The predicted molar refractivity (Wildman–Crippen MR) is 81.6 cm³/mol. The van der Waals surface area contributed by atoms with Crippen LogP contribution in [-0.4, -0.2) is 16.9 Å². The Balaban J connectivity index is 1.66. The molecule has 2 N–H and O–H groups in total. The zero-order valence-corrected chi connectivity index (χ0v) is 12.0. The van der Waals surface area contributed by atoms with Crippen LogP contribution in [0.15, 0.2) is 30.5 Å². The van der Waals surface area contributed by atoms with Crippen molar-refractivity contribution < 1.29 is 4.79 Å². The molecule has 1 aromatic heterocycles. The van der Waals surface area contributed by atoms with Crippen molar-refractivity contribution in [3.8, 4) is 0 Å². The van der Waals surface area contributed by atoms with Gasteiger partial charge in [0.1, 0.15) is 0 Å². The van der Waals surface area contributed by atoms with Gasteiger partial charge in [-0.25, -0.2) is 0 Å². The minimum absolute atomic E-state index is 0.147. The maximum absolute atomic E-state index is 12.2. The van der Waals surface area contributed by atoms with Crippen molar-refractivity contribution in [2.24, 2.45) is 5.92 Å². The molecule has 1 heterocycles. The fourth-order valence-electron chi connectivity index (χ4n) is 3.24. The van der Waals surface area contributed by atoms with Crippen LogP contribution in [0.5, 0.6) is 0 Å². The van der Waals surface area contributed by atoms with Gasteiger partial charge in [0, 0.05) is 23.1 Å². The van der Waals surface area contributed by atoms with Crippen molar-refractivity contribution in [3.63, 3.8) is 0 Å².